The molecule has 108 valence electrons. The molecule has 0 radical (unpaired) electrons. The molecule has 1 aromatic rings. The second-order valence-corrected chi connectivity index (χ2v) is 5.49. The van der Waals surface area contributed by atoms with E-state index in [1.165, 1.54) is 5.57 Å². The van der Waals surface area contributed by atoms with Gasteiger partial charge in [-0.15, -0.1) is 0 Å². The van der Waals surface area contributed by atoms with Gasteiger partial charge in [0, 0.05) is 5.56 Å². The lowest BCUT2D eigenvalue weighted by Gasteiger charge is -2.43. The van der Waals surface area contributed by atoms with Crippen LogP contribution in [0.2, 0.25) is 0 Å². The second kappa shape index (κ2) is 5.17. The fourth-order valence-electron chi connectivity index (χ4n) is 2.73. The van der Waals surface area contributed by atoms with Crippen LogP contribution in [0.1, 0.15) is 26.3 Å². The molecule has 2 rings (SSSR count). The number of methoxy groups -OCH3 is 1. The van der Waals surface area contributed by atoms with E-state index in [2.05, 4.69) is 32.3 Å². The van der Waals surface area contributed by atoms with Gasteiger partial charge in [0.15, 0.2) is 0 Å². The van der Waals surface area contributed by atoms with Gasteiger partial charge in [-0.25, -0.2) is 5.84 Å². The zero-order valence-electron chi connectivity index (χ0n) is 12.4. The number of benzene rings is 1. The van der Waals surface area contributed by atoms with Gasteiger partial charge in [-0.1, -0.05) is 18.2 Å². The fraction of sp³-hybridized carbons (Fsp3) is 0.400. The molecule has 1 aliphatic rings. The molecule has 0 aromatic heterocycles. The molecule has 0 atom stereocenters. The molecule has 0 unspecified atom stereocenters. The molecule has 0 aliphatic carbocycles. The standard InChI is InChI=1S/C15H21N3O2/c1-10-8-15(2,3)18(9-13(19)17-16)14-11(10)6-5-7-12(14)20-4/h5-8H,9,16H2,1-4H3,(H,17,19). The molecule has 3 N–H and O–H groups in total. The Morgan fingerprint density at radius 1 is 1.45 bits per heavy atom. The van der Waals surface area contributed by atoms with E-state index in [-0.39, 0.29) is 18.0 Å². The maximum absolute atomic E-state index is 11.7. The normalized spacial score (nSPS) is 16.2. The van der Waals surface area contributed by atoms with E-state index < -0.39 is 0 Å². The van der Waals surface area contributed by atoms with Crippen molar-refractivity contribution in [1.29, 1.82) is 0 Å². The van der Waals surface area contributed by atoms with Gasteiger partial charge in [0.05, 0.1) is 24.9 Å². The van der Waals surface area contributed by atoms with Crippen LogP contribution in [0.4, 0.5) is 5.69 Å². The number of allylic oxidation sites excluding steroid dienone is 1. The first-order valence-electron chi connectivity index (χ1n) is 6.54. The summed E-state index contributed by atoms with van der Waals surface area (Å²) in [5, 5.41) is 0. The van der Waals surface area contributed by atoms with Gasteiger partial charge in [0.2, 0.25) is 0 Å². The Labute approximate surface area is 119 Å². The third kappa shape index (κ3) is 2.36. The molecule has 0 saturated heterocycles. The van der Waals surface area contributed by atoms with Crippen molar-refractivity contribution < 1.29 is 9.53 Å². The molecule has 5 heteroatoms. The highest BCUT2D eigenvalue weighted by molar-refractivity contribution is 5.89. The first-order chi connectivity index (χ1) is 9.40. The van der Waals surface area contributed by atoms with E-state index in [9.17, 15) is 4.79 Å². The number of hydrogen-bond donors (Lipinski definition) is 2. The number of nitrogens with zero attached hydrogens (tertiary/aromatic N) is 1. The summed E-state index contributed by atoms with van der Waals surface area (Å²) in [6.45, 7) is 6.38. The number of ether oxygens (including phenoxy) is 1. The summed E-state index contributed by atoms with van der Waals surface area (Å²) >= 11 is 0. The highest BCUT2D eigenvalue weighted by Gasteiger charge is 2.34. The summed E-state index contributed by atoms with van der Waals surface area (Å²) in [4.78, 5) is 13.7. The van der Waals surface area contributed by atoms with Crippen LogP contribution < -0.4 is 20.9 Å². The van der Waals surface area contributed by atoms with Crippen LogP contribution >= 0.6 is 0 Å². The fourth-order valence-corrected chi connectivity index (χ4v) is 2.73. The maximum atomic E-state index is 11.7. The molecular formula is C15H21N3O2. The van der Waals surface area contributed by atoms with E-state index in [1.807, 2.05) is 23.1 Å². The number of para-hydroxylation sites is 1. The van der Waals surface area contributed by atoms with Crippen LogP contribution in [0.3, 0.4) is 0 Å². The van der Waals surface area contributed by atoms with E-state index in [4.69, 9.17) is 10.6 Å². The second-order valence-electron chi connectivity index (χ2n) is 5.49. The van der Waals surface area contributed by atoms with E-state index in [0.717, 1.165) is 17.0 Å². The third-order valence-electron chi connectivity index (χ3n) is 3.64. The number of carbonyl (C=O) groups is 1. The van der Waals surface area contributed by atoms with Gasteiger partial charge < -0.3 is 9.64 Å². The molecule has 1 amide bonds. The minimum Gasteiger partial charge on any atom is -0.495 e. The first kappa shape index (κ1) is 14.4. The molecule has 1 aromatic carbocycles. The topological polar surface area (TPSA) is 67.6 Å². The van der Waals surface area contributed by atoms with Crippen LogP contribution in [0.25, 0.3) is 5.57 Å². The third-order valence-corrected chi connectivity index (χ3v) is 3.64. The van der Waals surface area contributed by atoms with Crippen LogP contribution in [-0.4, -0.2) is 25.1 Å². The van der Waals surface area contributed by atoms with Crippen molar-refractivity contribution in [2.75, 3.05) is 18.6 Å². The molecule has 0 fully saturated rings. The van der Waals surface area contributed by atoms with Crippen molar-refractivity contribution >= 4 is 17.2 Å². The van der Waals surface area contributed by atoms with E-state index in [0.29, 0.717) is 0 Å². The lowest BCUT2D eigenvalue weighted by atomic mass is 9.88. The molecule has 0 saturated carbocycles. The average Bonchev–Trinajstić information content (AvgIpc) is 2.41. The smallest absolute Gasteiger partial charge is 0.253 e. The highest BCUT2D eigenvalue weighted by atomic mass is 16.5. The van der Waals surface area contributed by atoms with Gasteiger partial charge in [-0.2, -0.15) is 0 Å². The molecule has 0 bridgehead atoms. The van der Waals surface area contributed by atoms with Gasteiger partial charge in [-0.05, 0) is 32.4 Å². The van der Waals surface area contributed by atoms with E-state index in [1.54, 1.807) is 7.11 Å². The molecule has 0 spiro atoms. The predicted molar refractivity (Wildman–Crippen MR) is 80.4 cm³/mol. The molecule has 20 heavy (non-hydrogen) atoms. The van der Waals surface area contributed by atoms with Crippen molar-refractivity contribution in [2.24, 2.45) is 5.84 Å². The molecular weight excluding hydrogens is 254 g/mol. The maximum Gasteiger partial charge on any atom is 0.253 e. The van der Waals surface area contributed by atoms with Crippen molar-refractivity contribution in [2.45, 2.75) is 26.3 Å². The summed E-state index contributed by atoms with van der Waals surface area (Å²) < 4.78 is 5.47. The quantitative estimate of drug-likeness (QED) is 0.500. The van der Waals surface area contributed by atoms with E-state index >= 15 is 0 Å². The van der Waals surface area contributed by atoms with Gasteiger partial charge in [0.1, 0.15) is 5.75 Å². The number of anilines is 1. The van der Waals surface area contributed by atoms with Gasteiger partial charge >= 0.3 is 0 Å². The summed E-state index contributed by atoms with van der Waals surface area (Å²) in [5.74, 6) is 5.75. The van der Waals surface area contributed by atoms with Crippen LogP contribution in [0.15, 0.2) is 24.3 Å². The van der Waals surface area contributed by atoms with Crippen molar-refractivity contribution in [1.82, 2.24) is 5.43 Å². The minimum atomic E-state index is -0.293. The lowest BCUT2D eigenvalue weighted by molar-refractivity contribution is -0.120. The Morgan fingerprint density at radius 3 is 2.75 bits per heavy atom. The molecule has 1 heterocycles. The van der Waals surface area contributed by atoms with Gasteiger partial charge in [-0.3, -0.25) is 10.2 Å². The Hall–Kier alpha value is -2.01. The summed E-state index contributed by atoms with van der Waals surface area (Å²) in [6.07, 6.45) is 2.15. The number of fused-ring (bicyclic) bond motifs is 1. The number of nitrogens with two attached hydrogens (primary N) is 1. The first-order valence-corrected chi connectivity index (χ1v) is 6.54. The predicted octanol–water partition coefficient (Wildman–Crippen LogP) is 1.69. The summed E-state index contributed by atoms with van der Waals surface area (Å²) in [5.41, 5.74) is 5.08. The van der Waals surface area contributed by atoms with Crippen LogP contribution in [-0.2, 0) is 4.79 Å². The summed E-state index contributed by atoms with van der Waals surface area (Å²) in [6, 6.07) is 5.89. The van der Waals surface area contributed by atoms with Crippen molar-refractivity contribution in [3.8, 4) is 5.75 Å². The Kier molecular flexibility index (Phi) is 3.72. The molecule has 1 aliphatic heterocycles. The number of carbonyl (C=O) groups excluding carboxylic acids is 1. The number of hydrazine groups is 1. The highest BCUT2D eigenvalue weighted by Crippen LogP contribution is 2.43. The minimum absolute atomic E-state index is 0.181. The lowest BCUT2D eigenvalue weighted by Crippen LogP contribution is -2.51. The van der Waals surface area contributed by atoms with Crippen LogP contribution in [0.5, 0.6) is 5.75 Å². The zero-order valence-corrected chi connectivity index (χ0v) is 12.4. The number of nitrogens with one attached hydrogen (secondary N) is 1. The zero-order chi connectivity index (χ0) is 14.9. The Morgan fingerprint density at radius 2 is 2.15 bits per heavy atom. The Bertz CT molecular complexity index is 564. The SMILES string of the molecule is COc1cccc2c1N(CC(=O)NN)C(C)(C)C=C2C. The number of rotatable bonds is 3. The summed E-state index contributed by atoms with van der Waals surface area (Å²) in [7, 11) is 1.64. The van der Waals surface area contributed by atoms with Crippen LogP contribution in [0, 0.1) is 0 Å². The number of hydrogen-bond acceptors (Lipinski definition) is 4. The largest absolute Gasteiger partial charge is 0.495 e. The average molecular weight is 275 g/mol. The van der Waals surface area contributed by atoms with Crippen molar-refractivity contribution in [3.05, 3.63) is 29.8 Å². The van der Waals surface area contributed by atoms with Crippen molar-refractivity contribution in [3.63, 3.8) is 0 Å². The monoisotopic (exact) mass is 275 g/mol. The number of amides is 1. The van der Waals surface area contributed by atoms with Gasteiger partial charge in [0.25, 0.3) is 5.91 Å². The molecule has 5 nitrogen and oxygen atoms in total. The Balaban J connectivity index is 2.59.